The molecule has 202 valence electrons. The average molecular weight is 580 g/mol. The molecule has 0 saturated carbocycles. The van der Waals surface area contributed by atoms with E-state index in [9.17, 15) is 18.0 Å². The predicted molar refractivity (Wildman–Crippen MR) is 149 cm³/mol. The third-order valence-electron chi connectivity index (χ3n) is 6.04. The number of amides is 1. The van der Waals surface area contributed by atoms with Gasteiger partial charge in [0.25, 0.3) is 0 Å². The Bertz CT molecular complexity index is 1650. The van der Waals surface area contributed by atoms with Gasteiger partial charge in [-0.25, -0.2) is 0 Å². The van der Waals surface area contributed by atoms with Gasteiger partial charge in [0, 0.05) is 18.0 Å². The summed E-state index contributed by atoms with van der Waals surface area (Å²) in [5, 5.41) is 11.0. The summed E-state index contributed by atoms with van der Waals surface area (Å²) >= 11 is 7.30. The minimum absolute atomic E-state index is 0.0128. The van der Waals surface area contributed by atoms with Gasteiger partial charge in [0.2, 0.25) is 5.91 Å². The van der Waals surface area contributed by atoms with Crippen molar-refractivity contribution < 1.29 is 18.0 Å². The van der Waals surface area contributed by atoms with Gasteiger partial charge in [-0.05, 0) is 54.4 Å². The van der Waals surface area contributed by atoms with Crippen LogP contribution < -0.4 is 5.32 Å². The molecule has 2 heterocycles. The van der Waals surface area contributed by atoms with E-state index in [0.717, 1.165) is 46.8 Å². The normalized spacial score (nSPS) is 12.2. The predicted octanol–water partition coefficient (Wildman–Crippen LogP) is 7.78. The van der Waals surface area contributed by atoms with Gasteiger partial charge in [0.15, 0.2) is 11.0 Å². The van der Waals surface area contributed by atoms with Crippen molar-refractivity contribution >= 4 is 35.0 Å². The fraction of sp³-hybridized carbons (Fsp3) is 0.103. The molecule has 0 saturated heterocycles. The van der Waals surface area contributed by atoms with E-state index in [1.807, 2.05) is 54.0 Å². The van der Waals surface area contributed by atoms with Crippen molar-refractivity contribution in [1.29, 1.82) is 0 Å². The molecule has 0 bridgehead atoms. The molecule has 6 nitrogen and oxygen atoms in total. The molecule has 1 atom stereocenters. The zero-order chi connectivity index (χ0) is 28.3. The number of rotatable bonds is 7. The molecule has 1 N–H and O–H groups in total. The van der Waals surface area contributed by atoms with Gasteiger partial charge in [0.05, 0.1) is 22.0 Å². The highest BCUT2D eigenvalue weighted by Crippen LogP contribution is 2.40. The first-order valence-electron chi connectivity index (χ1n) is 12.0. The number of halogens is 4. The van der Waals surface area contributed by atoms with Crippen LogP contribution in [-0.2, 0) is 11.0 Å². The van der Waals surface area contributed by atoms with E-state index in [4.69, 9.17) is 11.6 Å². The van der Waals surface area contributed by atoms with E-state index in [0.29, 0.717) is 16.5 Å². The second-order valence-electron chi connectivity index (χ2n) is 8.75. The van der Waals surface area contributed by atoms with Crippen LogP contribution >= 0.6 is 23.4 Å². The number of aromatic nitrogens is 4. The number of carbonyl (C=O) groups excluding carboxylic acids is 1. The van der Waals surface area contributed by atoms with Crippen LogP contribution in [0.1, 0.15) is 21.9 Å². The zero-order valence-electron chi connectivity index (χ0n) is 20.9. The molecular formula is C29H21ClF3N5OS. The van der Waals surface area contributed by atoms with Crippen LogP contribution in [0.25, 0.3) is 17.1 Å². The van der Waals surface area contributed by atoms with Crippen LogP contribution in [0, 0.1) is 6.92 Å². The molecule has 5 rings (SSSR count). The summed E-state index contributed by atoms with van der Waals surface area (Å²) in [7, 11) is 0. The van der Waals surface area contributed by atoms with Crippen molar-refractivity contribution in [3.05, 3.63) is 119 Å². The standard InChI is InChI=1S/C29H21ClF3N5OS/c1-18-7-5-6-10-24(18)38-26(20-13-15-34-16-14-20)36-37-28(38)40-25(19-8-3-2-4-9-19)27(39)35-23-17-21(29(31,32)33)11-12-22(23)30/h2-17,25H,1H3,(H,35,39). The third kappa shape index (κ3) is 5.88. The van der Waals surface area contributed by atoms with E-state index in [1.54, 1.807) is 36.7 Å². The highest BCUT2D eigenvalue weighted by Gasteiger charge is 2.32. The first kappa shape index (κ1) is 27.4. The lowest BCUT2D eigenvalue weighted by Gasteiger charge is -2.19. The lowest BCUT2D eigenvalue weighted by molar-refractivity contribution is -0.137. The van der Waals surface area contributed by atoms with Crippen molar-refractivity contribution in [3.63, 3.8) is 0 Å². The summed E-state index contributed by atoms with van der Waals surface area (Å²) in [6, 6.07) is 23.0. The Labute approximate surface area is 237 Å². The number of para-hydroxylation sites is 1. The maximum Gasteiger partial charge on any atom is 0.416 e. The summed E-state index contributed by atoms with van der Waals surface area (Å²) in [5.74, 6) is -0.0189. The molecule has 0 aliphatic rings. The first-order valence-corrected chi connectivity index (χ1v) is 13.3. The smallest absolute Gasteiger partial charge is 0.323 e. The number of anilines is 1. The second-order valence-corrected chi connectivity index (χ2v) is 10.2. The van der Waals surface area contributed by atoms with Crippen LogP contribution in [0.4, 0.5) is 18.9 Å². The van der Waals surface area contributed by atoms with Crippen molar-refractivity contribution in [2.45, 2.75) is 23.5 Å². The van der Waals surface area contributed by atoms with E-state index < -0.39 is 22.9 Å². The van der Waals surface area contributed by atoms with E-state index in [-0.39, 0.29) is 10.7 Å². The summed E-state index contributed by atoms with van der Waals surface area (Å²) < 4.78 is 41.9. The Balaban J connectivity index is 1.57. The molecule has 2 aromatic heterocycles. The minimum Gasteiger partial charge on any atom is -0.323 e. The summed E-state index contributed by atoms with van der Waals surface area (Å²) in [6.45, 7) is 1.96. The third-order valence-corrected chi connectivity index (χ3v) is 7.57. The van der Waals surface area contributed by atoms with Crippen molar-refractivity contribution in [1.82, 2.24) is 19.7 Å². The highest BCUT2D eigenvalue weighted by molar-refractivity contribution is 8.00. The Kier molecular flexibility index (Phi) is 7.90. The maximum absolute atomic E-state index is 13.7. The monoisotopic (exact) mass is 579 g/mol. The SMILES string of the molecule is Cc1ccccc1-n1c(SC(C(=O)Nc2cc(C(F)(F)F)ccc2Cl)c2ccccc2)nnc1-c1ccncc1. The highest BCUT2D eigenvalue weighted by atomic mass is 35.5. The topological polar surface area (TPSA) is 72.7 Å². The Hall–Kier alpha value is -4.15. The molecule has 0 fully saturated rings. The lowest BCUT2D eigenvalue weighted by atomic mass is 10.1. The first-order chi connectivity index (χ1) is 19.2. The number of alkyl halides is 3. The van der Waals surface area contributed by atoms with Crippen LogP contribution in [0.3, 0.4) is 0 Å². The average Bonchev–Trinajstić information content (AvgIpc) is 3.37. The molecule has 0 aliphatic carbocycles. The number of hydrogen-bond acceptors (Lipinski definition) is 5. The number of benzene rings is 3. The fourth-order valence-corrected chi connectivity index (χ4v) is 5.28. The molecule has 0 spiro atoms. The number of nitrogens with zero attached hydrogens (tertiary/aromatic N) is 4. The van der Waals surface area contributed by atoms with Gasteiger partial charge in [0.1, 0.15) is 5.25 Å². The van der Waals surface area contributed by atoms with Crippen molar-refractivity contribution in [2.24, 2.45) is 0 Å². The maximum atomic E-state index is 13.7. The molecule has 0 aliphatic heterocycles. The van der Waals surface area contributed by atoms with Gasteiger partial charge < -0.3 is 5.32 Å². The summed E-state index contributed by atoms with van der Waals surface area (Å²) in [4.78, 5) is 17.8. The number of carbonyl (C=O) groups is 1. The number of hydrogen-bond donors (Lipinski definition) is 1. The van der Waals surface area contributed by atoms with E-state index in [2.05, 4.69) is 20.5 Å². The van der Waals surface area contributed by atoms with Crippen molar-refractivity contribution in [3.8, 4) is 17.1 Å². The van der Waals surface area contributed by atoms with E-state index in [1.165, 1.54) is 0 Å². The van der Waals surface area contributed by atoms with E-state index >= 15 is 0 Å². The molecule has 3 aromatic carbocycles. The van der Waals surface area contributed by atoms with Crippen LogP contribution in [0.2, 0.25) is 5.02 Å². The largest absolute Gasteiger partial charge is 0.416 e. The number of nitrogens with one attached hydrogen (secondary N) is 1. The Morgan fingerprint density at radius 1 is 0.950 bits per heavy atom. The molecule has 40 heavy (non-hydrogen) atoms. The number of aryl methyl sites for hydroxylation is 1. The fourth-order valence-electron chi connectivity index (χ4n) is 4.07. The molecular weight excluding hydrogens is 559 g/mol. The van der Waals surface area contributed by atoms with Crippen molar-refractivity contribution in [2.75, 3.05) is 5.32 Å². The van der Waals surface area contributed by atoms with Gasteiger partial charge in [-0.15, -0.1) is 10.2 Å². The van der Waals surface area contributed by atoms with Gasteiger partial charge >= 0.3 is 6.18 Å². The zero-order valence-corrected chi connectivity index (χ0v) is 22.5. The van der Waals surface area contributed by atoms with Gasteiger partial charge in [-0.2, -0.15) is 13.2 Å². The van der Waals surface area contributed by atoms with Crippen LogP contribution in [0.5, 0.6) is 0 Å². The van der Waals surface area contributed by atoms with Crippen LogP contribution in [-0.4, -0.2) is 25.7 Å². The van der Waals surface area contributed by atoms with Gasteiger partial charge in [-0.1, -0.05) is 71.9 Å². The molecule has 1 unspecified atom stereocenters. The van der Waals surface area contributed by atoms with Gasteiger partial charge in [-0.3, -0.25) is 14.3 Å². The number of pyridine rings is 1. The number of thioether (sulfide) groups is 1. The molecule has 1 amide bonds. The Morgan fingerprint density at radius 2 is 1.65 bits per heavy atom. The quantitative estimate of drug-likeness (QED) is 0.199. The summed E-state index contributed by atoms with van der Waals surface area (Å²) in [5.41, 5.74) is 2.11. The molecule has 5 aromatic rings. The van der Waals surface area contributed by atoms with Crippen LogP contribution in [0.15, 0.2) is 102 Å². The Morgan fingerprint density at radius 3 is 2.35 bits per heavy atom. The minimum atomic E-state index is -4.59. The summed E-state index contributed by atoms with van der Waals surface area (Å²) in [6.07, 6.45) is -1.29. The molecule has 0 radical (unpaired) electrons. The second kappa shape index (κ2) is 11.5. The molecule has 11 heteroatoms. The lowest BCUT2D eigenvalue weighted by Crippen LogP contribution is -2.20.